The molecule has 0 saturated carbocycles. The van der Waals surface area contributed by atoms with Crippen LogP contribution in [0, 0.1) is 0 Å². The fourth-order valence-corrected chi connectivity index (χ4v) is 2.56. The first-order valence-corrected chi connectivity index (χ1v) is 6.52. The molecule has 1 saturated heterocycles. The number of carbonyl (C=O) groups excluding carboxylic acids is 1. The molecule has 1 aromatic carbocycles. The summed E-state index contributed by atoms with van der Waals surface area (Å²) in [4.78, 5) is 28.8. The summed E-state index contributed by atoms with van der Waals surface area (Å²) in [6.07, 6.45) is 0.673. The Bertz CT molecular complexity index is 684. The van der Waals surface area contributed by atoms with Gasteiger partial charge < -0.3 is 10.0 Å². The van der Waals surface area contributed by atoms with Gasteiger partial charge in [0.05, 0.1) is 17.8 Å². The highest BCUT2D eigenvalue weighted by molar-refractivity contribution is 5.87. The van der Waals surface area contributed by atoms with E-state index < -0.39 is 12.0 Å². The molecule has 0 aliphatic carbocycles. The quantitative estimate of drug-likeness (QED) is 0.923. The topological polar surface area (TPSA) is 70.5 Å². The molecule has 102 valence electrons. The van der Waals surface area contributed by atoms with Crippen molar-refractivity contribution in [1.82, 2.24) is 9.88 Å². The van der Waals surface area contributed by atoms with E-state index in [-0.39, 0.29) is 12.5 Å². The van der Waals surface area contributed by atoms with Gasteiger partial charge in [-0.2, -0.15) is 0 Å². The van der Waals surface area contributed by atoms with E-state index in [0.29, 0.717) is 18.5 Å². The standard InChI is InChI=1S/C15H14N2O3/c18-14-8-7-13(15(19)20)17(14)9-11-6-5-10-3-1-2-4-12(10)16-11/h1-6,13H,7-9H2,(H,19,20). The number of aliphatic carboxylic acids is 1. The van der Waals surface area contributed by atoms with Crippen molar-refractivity contribution in [3.8, 4) is 0 Å². The normalized spacial score (nSPS) is 18.7. The molecule has 0 spiro atoms. The van der Waals surface area contributed by atoms with Crippen molar-refractivity contribution >= 4 is 22.8 Å². The molecule has 1 aliphatic rings. The molecule has 5 heteroatoms. The van der Waals surface area contributed by atoms with Gasteiger partial charge in [-0.15, -0.1) is 0 Å². The van der Waals surface area contributed by atoms with Crippen molar-refractivity contribution in [3.63, 3.8) is 0 Å². The summed E-state index contributed by atoms with van der Waals surface area (Å²) in [5.74, 6) is -1.07. The minimum absolute atomic E-state index is 0.118. The van der Waals surface area contributed by atoms with Gasteiger partial charge in [-0.3, -0.25) is 9.78 Å². The number of carboxylic acid groups (broad SMARTS) is 1. The van der Waals surface area contributed by atoms with Crippen molar-refractivity contribution in [1.29, 1.82) is 0 Å². The van der Waals surface area contributed by atoms with Crippen LogP contribution in [-0.4, -0.2) is 32.9 Å². The second kappa shape index (κ2) is 4.92. The number of nitrogens with zero attached hydrogens (tertiary/aromatic N) is 2. The third-order valence-electron chi connectivity index (χ3n) is 3.60. The van der Waals surface area contributed by atoms with Crippen molar-refractivity contribution < 1.29 is 14.7 Å². The summed E-state index contributed by atoms with van der Waals surface area (Å²) in [7, 11) is 0. The summed E-state index contributed by atoms with van der Waals surface area (Å²) in [6.45, 7) is 0.251. The number of benzene rings is 1. The van der Waals surface area contributed by atoms with Crippen molar-refractivity contribution in [2.24, 2.45) is 0 Å². The SMILES string of the molecule is O=C(O)C1CCC(=O)N1Cc1ccc2ccccc2n1. The Hall–Kier alpha value is -2.43. The molecule has 3 rings (SSSR count). The number of pyridine rings is 1. The summed E-state index contributed by atoms with van der Waals surface area (Å²) < 4.78 is 0. The molecule has 20 heavy (non-hydrogen) atoms. The minimum Gasteiger partial charge on any atom is -0.480 e. The molecule has 2 aromatic rings. The number of aromatic nitrogens is 1. The minimum atomic E-state index is -0.948. The Morgan fingerprint density at radius 1 is 1.30 bits per heavy atom. The summed E-state index contributed by atoms with van der Waals surface area (Å²) in [6, 6.07) is 10.8. The summed E-state index contributed by atoms with van der Waals surface area (Å²) in [5, 5.41) is 10.2. The van der Waals surface area contributed by atoms with Gasteiger partial charge in [0, 0.05) is 11.8 Å². The van der Waals surface area contributed by atoms with Gasteiger partial charge in [0.15, 0.2) is 0 Å². The number of likely N-dealkylation sites (tertiary alicyclic amines) is 1. The molecular weight excluding hydrogens is 256 g/mol. The van der Waals surface area contributed by atoms with Crippen LogP contribution >= 0.6 is 0 Å². The molecule has 0 radical (unpaired) electrons. The zero-order chi connectivity index (χ0) is 14.1. The summed E-state index contributed by atoms with van der Waals surface area (Å²) >= 11 is 0. The molecule has 1 atom stereocenters. The second-order valence-electron chi connectivity index (χ2n) is 4.91. The molecule has 5 nitrogen and oxygen atoms in total. The van der Waals surface area contributed by atoms with E-state index in [4.69, 9.17) is 5.11 Å². The predicted molar refractivity (Wildman–Crippen MR) is 73.0 cm³/mol. The van der Waals surface area contributed by atoms with E-state index >= 15 is 0 Å². The highest BCUT2D eigenvalue weighted by Gasteiger charge is 2.36. The lowest BCUT2D eigenvalue weighted by molar-refractivity contribution is -0.146. The van der Waals surface area contributed by atoms with Crippen LogP contribution in [0.4, 0.5) is 0 Å². The van der Waals surface area contributed by atoms with Gasteiger partial charge in [-0.25, -0.2) is 4.79 Å². The molecule has 2 heterocycles. The monoisotopic (exact) mass is 270 g/mol. The van der Waals surface area contributed by atoms with Crippen LogP contribution in [0.15, 0.2) is 36.4 Å². The average Bonchev–Trinajstić information content (AvgIpc) is 2.80. The number of hydrogen-bond acceptors (Lipinski definition) is 3. The van der Waals surface area contributed by atoms with E-state index in [2.05, 4.69) is 4.98 Å². The maximum Gasteiger partial charge on any atom is 0.326 e. The zero-order valence-corrected chi connectivity index (χ0v) is 10.8. The number of carbonyl (C=O) groups is 2. The lowest BCUT2D eigenvalue weighted by Crippen LogP contribution is -2.38. The molecule has 1 fully saturated rings. The van der Waals surface area contributed by atoms with Crippen LogP contribution in [0.2, 0.25) is 0 Å². The number of amides is 1. The molecule has 1 amide bonds. The van der Waals surface area contributed by atoms with E-state index in [9.17, 15) is 9.59 Å². The first-order chi connectivity index (χ1) is 9.65. The third-order valence-corrected chi connectivity index (χ3v) is 3.60. The Morgan fingerprint density at radius 2 is 2.10 bits per heavy atom. The molecule has 1 unspecified atom stereocenters. The molecule has 1 aliphatic heterocycles. The van der Waals surface area contributed by atoms with Crippen molar-refractivity contribution in [3.05, 3.63) is 42.1 Å². The molecular formula is C15H14N2O3. The van der Waals surface area contributed by atoms with Gasteiger partial charge in [-0.05, 0) is 18.6 Å². The predicted octanol–water partition coefficient (Wildman–Crippen LogP) is 1.81. The number of fused-ring (bicyclic) bond motifs is 1. The van der Waals surface area contributed by atoms with Crippen LogP contribution in [0.3, 0.4) is 0 Å². The van der Waals surface area contributed by atoms with E-state index in [1.165, 1.54) is 4.90 Å². The number of rotatable bonds is 3. The van der Waals surface area contributed by atoms with Crippen molar-refractivity contribution in [2.45, 2.75) is 25.4 Å². The van der Waals surface area contributed by atoms with E-state index in [0.717, 1.165) is 10.9 Å². The zero-order valence-electron chi connectivity index (χ0n) is 10.8. The van der Waals surface area contributed by atoms with Crippen LogP contribution in [0.1, 0.15) is 18.5 Å². The smallest absolute Gasteiger partial charge is 0.326 e. The van der Waals surface area contributed by atoms with Gasteiger partial charge in [0.25, 0.3) is 0 Å². The lowest BCUT2D eigenvalue weighted by atomic mass is 10.2. The largest absolute Gasteiger partial charge is 0.480 e. The van der Waals surface area contributed by atoms with E-state index in [1.54, 1.807) is 0 Å². The van der Waals surface area contributed by atoms with Gasteiger partial charge in [0.2, 0.25) is 5.91 Å². The maximum absolute atomic E-state index is 11.8. The van der Waals surface area contributed by atoms with Gasteiger partial charge in [0.1, 0.15) is 6.04 Å². The number of para-hydroxylation sites is 1. The third kappa shape index (κ3) is 2.22. The molecule has 1 aromatic heterocycles. The van der Waals surface area contributed by atoms with Crippen LogP contribution in [-0.2, 0) is 16.1 Å². The van der Waals surface area contributed by atoms with Crippen molar-refractivity contribution in [2.75, 3.05) is 0 Å². The van der Waals surface area contributed by atoms with Crippen LogP contribution in [0.5, 0.6) is 0 Å². The molecule has 0 bridgehead atoms. The van der Waals surface area contributed by atoms with Crippen LogP contribution < -0.4 is 0 Å². The first-order valence-electron chi connectivity index (χ1n) is 6.52. The highest BCUT2D eigenvalue weighted by atomic mass is 16.4. The van der Waals surface area contributed by atoms with E-state index in [1.807, 2.05) is 36.4 Å². The van der Waals surface area contributed by atoms with Crippen LogP contribution in [0.25, 0.3) is 10.9 Å². The highest BCUT2D eigenvalue weighted by Crippen LogP contribution is 2.22. The Labute approximate surface area is 115 Å². The lowest BCUT2D eigenvalue weighted by Gasteiger charge is -2.21. The average molecular weight is 270 g/mol. The Morgan fingerprint density at radius 3 is 2.90 bits per heavy atom. The number of carboxylic acids is 1. The van der Waals surface area contributed by atoms with Gasteiger partial charge in [-0.1, -0.05) is 24.3 Å². The first kappa shape index (κ1) is 12.6. The fourth-order valence-electron chi connectivity index (χ4n) is 2.56. The number of hydrogen-bond donors (Lipinski definition) is 1. The Kier molecular flexibility index (Phi) is 3.10. The van der Waals surface area contributed by atoms with Gasteiger partial charge >= 0.3 is 5.97 Å². The molecule has 1 N–H and O–H groups in total. The fraction of sp³-hybridized carbons (Fsp3) is 0.267. The summed E-state index contributed by atoms with van der Waals surface area (Å²) in [5.41, 5.74) is 1.56. The second-order valence-corrected chi connectivity index (χ2v) is 4.91. The maximum atomic E-state index is 11.8. The Balaban J connectivity index is 1.88.